The smallest absolute Gasteiger partial charge is 0.236 e. The molecule has 2 rings (SSSR count). The second kappa shape index (κ2) is 9.29. The van der Waals surface area contributed by atoms with Crippen LogP contribution in [0.2, 0.25) is 5.02 Å². The molecule has 0 spiro atoms. The quantitative estimate of drug-likeness (QED) is 0.859. The van der Waals surface area contributed by atoms with Gasteiger partial charge in [0.1, 0.15) is 6.42 Å². The molecule has 5 nitrogen and oxygen atoms in total. The molecule has 128 valence electrons. The molecule has 0 radical (unpaired) electrons. The second-order valence-electron chi connectivity index (χ2n) is 6.09. The van der Waals surface area contributed by atoms with Crippen LogP contribution in [0, 0.1) is 17.2 Å². The van der Waals surface area contributed by atoms with Crippen LogP contribution in [0.25, 0.3) is 0 Å². The first-order valence-electron chi connectivity index (χ1n) is 8.24. The highest BCUT2D eigenvalue weighted by Crippen LogP contribution is 2.17. The normalized spacial score (nSPS) is 14.9. The third kappa shape index (κ3) is 5.86. The average Bonchev–Trinajstić information content (AvgIpc) is 2.59. The summed E-state index contributed by atoms with van der Waals surface area (Å²) in [5, 5.41) is 12.2. The highest BCUT2D eigenvalue weighted by atomic mass is 35.5. The Balaban J connectivity index is 1.64. The van der Waals surface area contributed by atoms with Gasteiger partial charge in [-0.15, -0.1) is 0 Å². The van der Waals surface area contributed by atoms with Crippen molar-refractivity contribution >= 4 is 23.4 Å². The number of nitrogens with zero attached hydrogens (tertiary/aromatic N) is 2. The van der Waals surface area contributed by atoms with Gasteiger partial charge in [0.05, 0.1) is 6.07 Å². The minimum absolute atomic E-state index is 0.0398. The van der Waals surface area contributed by atoms with Gasteiger partial charge >= 0.3 is 0 Å². The van der Waals surface area contributed by atoms with E-state index in [0.29, 0.717) is 43.4 Å². The monoisotopic (exact) mass is 347 g/mol. The Kier molecular flexibility index (Phi) is 7.07. The predicted octanol–water partition coefficient (Wildman–Crippen LogP) is 2.54. The zero-order valence-electron chi connectivity index (χ0n) is 13.6. The fraction of sp³-hybridized carbons (Fsp3) is 0.500. The maximum absolute atomic E-state index is 12.0. The molecule has 1 fully saturated rings. The van der Waals surface area contributed by atoms with Crippen LogP contribution in [0.1, 0.15) is 31.2 Å². The second-order valence-corrected chi connectivity index (χ2v) is 6.53. The fourth-order valence-corrected chi connectivity index (χ4v) is 3.08. The number of aryl methyl sites for hydroxylation is 1. The van der Waals surface area contributed by atoms with E-state index in [4.69, 9.17) is 16.9 Å². The van der Waals surface area contributed by atoms with Gasteiger partial charge in [-0.2, -0.15) is 5.26 Å². The fourth-order valence-electron chi connectivity index (χ4n) is 2.86. The summed E-state index contributed by atoms with van der Waals surface area (Å²) in [6.07, 6.45) is 2.80. The summed E-state index contributed by atoms with van der Waals surface area (Å²) in [7, 11) is 0. The lowest BCUT2D eigenvalue weighted by Crippen LogP contribution is -2.41. The summed E-state index contributed by atoms with van der Waals surface area (Å²) in [6, 6.07) is 9.44. The lowest BCUT2D eigenvalue weighted by Gasteiger charge is -2.31. The van der Waals surface area contributed by atoms with Gasteiger partial charge in [0.15, 0.2) is 0 Å². The van der Waals surface area contributed by atoms with E-state index in [0.717, 1.165) is 18.4 Å². The Morgan fingerprint density at radius 2 is 2.08 bits per heavy atom. The molecule has 1 N–H and O–H groups in total. The topological polar surface area (TPSA) is 73.2 Å². The molecular formula is C18H22ClN3O2. The minimum atomic E-state index is -0.0958. The largest absolute Gasteiger partial charge is 0.356 e. The van der Waals surface area contributed by atoms with Crippen LogP contribution in [0.3, 0.4) is 0 Å². The van der Waals surface area contributed by atoms with Crippen molar-refractivity contribution in [1.82, 2.24) is 10.2 Å². The van der Waals surface area contributed by atoms with Crippen molar-refractivity contribution in [3.05, 3.63) is 34.9 Å². The molecule has 0 atom stereocenters. The van der Waals surface area contributed by atoms with Gasteiger partial charge in [-0.3, -0.25) is 9.59 Å². The van der Waals surface area contributed by atoms with E-state index in [1.165, 1.54) is 0 Å². The molecular weight excluding hydrogens is 326 g/mol. The predicted molar refractivity (Wildman–Crippen MR) is 92.3 cm³/mol. The van der Waals surface area contributed by atoms with Crippen LogP contribution >= 0.6 is 11.6 Å². The molecule has 0 bridgehead atoms. The molecule has 1 aliphatic heterocycles. The number of hydrogen-bond acceptors (Lipinski definition) is 3. The molecule has 2 amide bonds. The summed E-state index contributed by atoms with van der Waals surface area (Å²) in [6.45, 7) is 1.99. The molecule has 0 aromatic heterocycles. The summed E-state index contributed by atoms with van der Waals surface area (Å²) in [5.41, 5.74) is 1.06. The lowest BCUT2D eigenvalue weighted by molar-refractivity contribution is -0.131. The summed E-state index contributed by atoms with van der Waals surface area (Å²) in [5.74, 6) is 0.339. The van der Waals surface area contributed by atoms with E-state index in [1.807, 2.05) is 30.3 Å². The standard InChI is InChI=1S/C18H22ClN3O2/c19-16-3-1-2-14(12-16)4-5-17(23)21-13-15-7-10-22(11-8-15)18(24)6-9-20/h1-3,12,15H,4-8,10-11,13H2,(H,21,23). The number of piperidine rings is 1. The molecule has 1 aromatic carbocycles. The maximum Gasteiger partial charge on any atom is 0.236 e. The van der Waals surface area contributed by atoms with Crippen molar-refractivity contribution in [2.24, 2.45) is 5.92 Å². The third-order valence-electron chi connectivity index (χ3n) is 4.32. The first kappa shape index (κ1) is 18.3. The Labute approximate surface area is 147 Å². The van der Waals surface area contributed by atoms with Crippen molar-refractivity contribution < 1.29 is 9.59 Å². The van der Waals surface area contributed by atoms with Crippen molar-refractivity contribution in [3.8, 4) is 6.07 Å². The first-order chi connectivity index (χ1) is 11.6. The highest BCUT2D eigenvalue weighted by molar-refractivity contribution is 6.30. The minimum Gasteiger partial charge on any atom is -0.356 e. The van der Waals surface area contributed by atoms with Gasteiger partial charge in [-0.1, -0.05) is 23.7 Å². The van der Waals surface area contributed by atoms with Gasteiger partial charge in [-0.25, -0.2) is 0 Å². The molecule has 1 heterocycles. The van der Waals surface area contributed by atoms with Gasteiger partial charge in [0.2, 0.25) is 11.8 Å². The molecule has 0 aliphatic carbocycles. The van der Waals surface area contributed by atoms with Crippen LogP contribution < -0.4 is 5.32 Å². The molecule has 1 aromatic rings. The van der Waals surface area contributed by atoms with Crippen LogP contribution in [-0.2, 0) is 16.0 Å². The van der Waals surface area contributed by atoms with E-state index in [1.54, 1.807) is 4.90 Å². The Morgan fingerprint density at radius 1 is 1.33 bits per heavy atom. The number of carbonyl (C=O) groups excluding carboxylic acids is 2. The van der Waals surface area contributed by atoms with E-state index in [2.05, 4.69) is 5.32 Å². The van der Waals surface area contributed by atoms with Crippen molar-refractivity contribution in [2.75, 3.05) is 19.6 Å². The Bertz CT molecular complexity index is 619. The highest BCUT2D eigenvalue weighted by Gasteiger charge is 2.22. The number of nitrogens with one attached hydrogen (secondary N) is 1. The van der Waals surface area contributed by atoms with Crippen molar-refractivity contribution in [3.63, 3.8) is 0 Å². The number of hydrogen-bond donors (Lipinski definition) is 1. The summed E-state index contributed by atoms with van der Waals surface area (Å²) in [4.78, 5) is 25.3. The average molecular weight is 348 g/mol. The molecule has 0 saturated carbocycles. The first-order valence-corrected chi connectivity index (χ1v) is 8.62. The number of halogens is 1. The SMILES string of the molecule is N#CCC(=O)N1CCC(CNC(=O)CCc2cccc(Cl)c2)CC1. The lowest BCUT2D eigenvalue weighted by atomic mass is 9.96. The maximum atomic E-state index is 12.0. The number of amides is 2. The Hall–Kier alpha value is -2.06. The molecule has 6 heteroatoms. The van der Waals surface area contributed by atoms with Gasteiger partial charge in [-0.05, 0) is 42.9 Å². The van der Waals surface area contributed by atoms with Crippen LogP contribution in [0.15, 0.2) is 24.3 Å². The number of likely N-dealkylation sites (tertiary alicyclic amines) is 1. The zero-order chi connectivity index (χ0) is 17.4. The molecule has 0 unspecified atom stereocenters. The van der Waals surface area contributed by atoms with E-state index >= 15 is 0 Å². The number of nitriles is 1. The summed E-state index contributed by atoms with van der Waals surface area (Å²) < 4.78 is 0. The van der Waals surface area contributed by atoms with Gasteiger partial charge in [0.25, 0.3) is 0 Å². The Morgan fingerprint density at radius 3 is 2.75 bits per heavy atom. The zero-order valence-corrected chi connectivity index (χ0v) is 14.4. The third-order valence-corrected chi connectivity index (χ3v) is 4.55. The van der Waals surface area contributed by atoms with Crippen molar-refractivity contribution in [1.29, 1.82) is 5.26 Å². The van der Waals surface area contributed by atoms with Crippen LogP contribution in [0.5, 0.6) is 0 Å². The van der Waals surface area contributed by atoms with Crippen molar-refractivity contribution in [2.45, 2.75) is 32.1 Å². The van der Waals surface area contributed by atoms with E-state index in [9.17, 15) is 9.59 Å². The number of carbonyl (C=O) groups is 2. The van der Waals surface area contributed by atoms with E-state index in [-0.39, 0.29) is 18.2 Å². The number of rotatable bonds is 6. The van der Waals surface area contributed by atoms with Gasteiger partial charge in [0, 0.05) is 31.1 Å². The van der Waals surface area contributed by atoms with Crippen LogP contribution in [0.4, 0.5) is 0 Å². The van der Waals surface area contributed by atoms with E-state index < -0.39 is 0 Å². The summed E-state index contributed by atoms with van der Waals surface area (Å²) >= 11 is 5.93. The molecule has 24 heavy (non-hydrogen) atoms. The molecule has 1 saturated heterocycles. The number of benzene rings is 1. The van der Waals surface area contributed by atoms with Crippen LogP contribution in [-0.4, -0.2) is 36.3 Å². The molecule has 1 aliphatic rings. The van der Waals surface area contributed by atoms with Gasteiger partial charge < -0.3 is 10.2 Å².